The van der Waals surface area contributed by atoms with Crippen LogP contribution >= 0.6 is 0 Å². The second-order valence-electron chi connectivity index (χ2n) is 10.1. The topological polar surface area (TPSA) is 57.5 Å². The minimum Gasteiger partial charge on any atom is -0.478 e. The Hall–Kier alpha value is -2.13. The van der Waals surface area contributed by atoms with Crippen LogP contribution in [-0.2, 0) is 10.2 Å². The Labute approximate surface area is 172 Å². The smallest absolute Gasteiger partial charge is 0.331 e. The first kappa shape index (κ1) is 18.9. The summed E-state index contributed by atoms with van der Waals surface area (Å²) in [6.07, 6.45) is 16.0. The van der Waals surface area contributed by atoms with E-state index in [2.05, 4.69) is 24.3 Å². The molecular weight excluding hydrogens is 360 g/mol. The summed E-state index contributed by atoms with van der Waals surface area (Å²) in [5.74, 6) is 1.79. The van der Waals surface area contributed by atoms with Gasteiger partial charge in [-0.05, 0) is 97.5 Å². The summed E-state index contributed by atoms with van der Waals surface area (Å²) in [6, 6.07) is 9.06. The molecule has 1 aromatic rings. The van der Waals surface area contributed by atoms with Gasteiger partial charge in [-0.25, -0.2) is 4.79 Å². The van der Waals surface area contributed by atoms with E-state index < -0.39 is 11.6 Å². The largest absolute Gasteiger partial charge is 0.478 e. The monoisotopic (exact) mass is 390 g/mol. The molecule has 0 aliphatic heterocycles. The number of hydrogen-bond acceptors (Lipinski definition) is 2. The zero-order valence-corrected chi connectivity index (χ0v) is 17.1. The Bertz CT molecular complexity index is 900. The summed E-state index contributed by atoms with van der Waals surface area (Å²) < 4.78 is 0. The van der Waals surface area contributed by atoms with Gasteiger partial charge in [0.1, 0.15) is 5.60 Å². The summed E-state index contributed by atoms with van der Waals surface area (Å²) >= 11 is 0. The fourth-order valence-electron chi connectivity index (χ4n) is 6.89. The number of benzene rings is 1. The van der Waals surface area contributed by atoms with Crippen molar-refractivity contribution >= 4 is 11.5 Å². The molecule has 152 valence electrons. The van der Waals surface area contributed by atoms with Crippen molar-refractivity contribution in [2.24, 2.45) is 17.8 Å². The highest BCUT2D eigenvalue weighted by Crippen LogP contribution is 2.60. The lowest BCUT2D eigenvalue weighted by Gasteiger charge is -2.57. The van der Waals surface area contributed by atoms with Crippen molar-refractivity contribution in [3.8, 4) is 0 Å². The average molecular weight is 391 g/mol. The lowest BCUT2D eigenvalue weighted by Crippen LogP contribution is -2.48. The third-order valence-electron chi connectivity index (χ3n) is 7.85. The summed E-state index contributed by atoms with van der Waals surface area (Å²) in [5.41, 5.74) is 3.15. The lowest BCUT2D eigenvalue weighted by molar-refractivity contribution is -0.132. The summed E-state index contributed by atoms with van der Waals surface area (Å²) in [7, 11) is 0. The van der Waals surface area contributed by atoms with Crippen LogP contribution in [0.25, 0.3) is 5.57 Å². The van der Waals surface area contributed by atoms with E-state index in [1.807, 2.05) is 12.2 Å². The van der Waals surface area contributed by atoms with Gasteiger partial charge in [0, 0.05) is 12.0 Å². The Morgan fingerprint density at radius 3 is 2.31 bits per heavy atom. The molecule has 4 fully saturated rings. The lowest BCUT2D eigenvalue weighted by atomic mass is 9.48. The fraction of sp³-hybridized carbons (Fsp3) is 0.500. The SMILES string of the molecule is C/C(=C\C1(O)C=CC(c2cccc(C34CC5CC(CC(C5)C3)C4)c2)=CC1)C(=O)O. The van der Waals surface area contributed by atoms with Gasteiger partial charge >= 0.3 is 5.97 Å². The van der Waals surface area contributed by atoms with Crippen LogP contribution in [0.3, 0.4) is 0 Å². The van der Waals surface area contributed by atoms with Gasteiger partial charge in [-0.3, -0.25) is 0 Å². The van der Waals surface area contributed by atoms with Crippen LogP contribution in [-0.4, -0.2) is 21.8 Å². The average Bonchev–Trinajstić information content (AvgIpc) is 2.67. The van der Waals surface area contributed by atoms with Crippen LogP contribution < -0.4 is 0 Å². The number of rotatable bonds is 4. The third kappa shape index (κ3) is 3.40. The molecule has 0 amide bonds. The summed E-state index contributed by atoms with van der Waals surface area (Å²) in [5, 5.41) is 19.8. The molecule has 0 saturated heterocycles. The van der Waals surface area contributed by atoms with E-state index in [0.29, 0.717) is 11.8 Å². The first-order chi connectivity index (χ1) is 13.8. The molecule has 29 heavy (non-hydrogen) atoms. The molecule has 1 aromatic carbocycles. The van der Waals surface area contributed by atoms with Crippen LogP contribution in [0.2, 0.25) is 0 Å². The molecule has 0 spiro atoms. The predicted octanol–water partition coefficient (Wildman–Crippen LogP) is 5.26. The number of aliphatic carboxylic acids is 1. The molecule has 1 unspecified atom stereocenters. The van der Waals surface area contributed by atoms with E-state index in [1.165, 1.54) is 62.7 Å². The van der Waals surface area contributed by atoms with Gasteiger partial charge in [-0.1, -0.05) is 36.4 Å². The molecular formula is C26H30O3. The molecule has 4 bridgehead atoms. The van der Waals surface area contributed by atoms with Crippen molar-refractivity contribution in [1.82, 2.24) is 0 Å². The Morgan fingerprint density at radius 1 is 1.10 bits per heavy atom. The molecule has 5 aliphatic rings. The number of carbonyl (C=O) groups is 1. The normalized spacial score (nSPS) is 38.2. The Balaban J connectivity index is 1.40. The first-order valence-corrected chi connectivity index (χ1v) is 11.0. The quantitative estimate of drug-likeness (QED) is 0.690. The van der Waals surface area contributed by atoms with Gasteiger partial charge in [-0.2, -0.15) is 0 Å². The maximum absolute atomic E-state index is 11.1. The third-order valence-corrected chi connectivity index (χ3v) is 7.85. The number of allylic oxidation sites excluding steroid dienone is 2. The minimum atomic E-state index is -1.22. The van der Waals surface area contributed by atoms with Crippen LogP contribution in [0.4, 0.5) is 0 Å². The first-order valence-electron chi connectivity index (χ1n) is 11.0. The molecule has 2 N–H and O–H groups in total. The maximum atomic E-state index is 11.1. The second-order valence-corrected chi connectivity index (χ2v) is 10.1. The van der Waals surface area contributed by atoms with Crippen LogP contribution in [0, 0.1) is 17.8 Å². The van der Waals surface area contributed by atoms with E-state index in [1.54, 1.807) is 6.08 Å². The fourth-order valence-corrected chi connectivity index (χ4v) is 6.89. The van der Waals surface area contributed by atoms with Crippen molar-refractivity contribution in [1.29, 1.82) is 0 Å². The molecule has 3 nitrogen and oxygen atoms in total. The molecule has 1 atom stereocenters. The highest BCUT2D eigenvalue weighted by molar-refractivity contribution is 5.86. The molecule has 0 radical (unpaired) electrons. The molecule has 0 heterocycles. The molecule has 5 aliphatic carbocycles. The van der Waals surface area contributed by atoms with E-state index in [-0.39, 0.29) is 5.57 Å². The molecule has 3 heteroatoms. The van der Waals surface area contributed by atoms with Gasteiger partial charge in [0.2, 0.25) is 0 Å². The maximum Gasteiger partial charge on any atom is 0.331 e. The summed E-state index contributed by atoms with van der Waals surface area (Å²) in [6.45, 7) is 1.52. The number of carboxylic acid groups (broad SMARTS) is 1. The van der Waals surface area contributed by atoms with Gasteiger partial charge in [0.25, 0.3) is 0 Å². The van der Waals surface area contributed by atoms with Gasteiger partial charge in [0.05, 0.1) is 0 Å². The van der Waals surface area contributed by atoms with Crippen molar-refractivity contribution in [3.05, 3.63) is 65.3 Å². The molecule has 6 rings (SSSR count). The summed E-state index contributed by atoms with van der Waals surface area (Å²) in [4.78, 5) is 11.1. The van der Waals surface area contributed by atoms with Crippen molar-refractivity contribution in [2.45, 2.75) is 62.9 Å². The number of aliphatic hydroxyl groups is 1. The van der Waals surface area contributed by atoms with Crippen LogP contribution in [0.1, 0.15) is 63.0 Å². The van der Waals surface area contributed by atoms with Gasteiger partial charge in [-0.15, -0.1) is 0 Å². The van der Waals surface area contributed by atoms with E-state index in [4.69, 9.17) is 5.11 Å². The van der Waals surface area contributed by atoms with Gasteiger partial charge in [0.15, 0.2) is 0 Å². The number of hydrogen-bond donors (Lipinski definition) is 2. The van der Waals surface area contributed by atoms with Crippen LogP contribution in [0.15, 0.2) is 54.1 Å². The number of carboxylic acids is 1. The van der Waals surface area contributed by atoms with Crippen molar-refractivity contribution < 1.29 is 15.0 Å². The Morgan fingerprint density at radius 2 is 1.76 bits per heavy atom. The highest BCUT2D eigenvalue weighted by Gasteiger charge is 2.51. The van der Waals surface area contributed by atoms with Crippen molar-refractivity contribution in [3.63, 3.8) is 0 Å². The Kier molecular flexibility index (Phi) is 4.36. The van der Waals surface area contributed by atoms with Crippen LogP contribution in [0.5, 0.6) is 0 Å². The molecule has 4 saturated carbocycles. The second kappa shape index (κ2) is 6.70. The zero-order valence-electron chi connectivity index (χ0n) is 17.1. The minimum absolute atomic E-state index is 0.165. The van der Waals surface area contributed by atoms with E-state index in [9.17, 15) is 9.90 Å². The predicted molar refractivity (Wildman–Crippen MR) is 114 cm³/mol. The molecule has 0 aromatic heterocycles. The van der Waals surface area contributed by atoms with Gasteiger partial charge < -0.3 is 10.2 Å². The van der Waals surface area contributed by atoms with E-state index in [0.717, 1.165) is 23.3 Å². The standard InChI is InChI=1S/C26H30O3/c1-17(24(27)28)13-26(29)7-5-21(6-8-26)22-3-2-4-23(12-22)25-14-18-9-19(15-25)11-20(10-18)16-25/h2-7,12-13,18-20,29H,8-11,14-16H2,1H3,(H,27,28)/b17-13+. The highest BCUT2D eigenvalue weighted by atomic mass is 16.4. The van der Waals surface area contributed by atoms with E-state index >= 15 is 0 Å². The van der Waals surface area contributed by atoms with Crippen molar-refractivity contribution in [2.75, 3.05) is 0 Å². The zero-order chi connectivity index (χ0) is 20.2.